The second kappa shape index (κ2) is 9.07. The Hall–Kier alpha value is -3.28. The summed E-state index contributed by atoms with van der Waals surface area (Å²) in [6.07, 6.45) is 2.48. The third-order valence-corrected chi connectivity index (χ3v) is 5.02. The number of methoxy groups -OCH3 is 1. The first-order valence-electron chi connectivity index (χ1n) is 9.14. The molecule has 1 unspecified atom stereocenters. The number of aliphatic imine (C=N–C) groups is 1. The van der Waals surface area contributed by atoms with Crippen molar-refractivity contribution in [2.75, 3.05) is 13.7 Å². The summed E-state index contributed by atoms with van der Waals surface area (Å²) in [6, 6.07) is 1.54. The Morgan fingerprint density at radius 3 is 2.25 bits per heavy atom. The number of nitrogens with two attached hydrogens (primary N) is 1. The number of aromatic nitrogens is 2. The summed E-state index contributed by atoms with van der Waals surface area (Å²) in [5.74, 6) is -6.06. The first kappa shape index (κ1) is 25.0. The lowest BCUT2D eigenvalue weighted by Gasteiger charge is -2.42. The quantitative estimate of drug-likeness (QED) is 0.536. The Bertz CT molecular complexity index is 1020. The molecule has 0 saturated heterocycles. The first-order chi connectivity index (χ1) is 14.8. The first-order valence-corrected chi connectivity index (χ1v) is 9.14. The number of benzene rings is 1. The Labute approximate surface area is 181 Å². The van der Waals surface area contributed by atoms with Crippen molar-refractivity contribution in [1.29, 1.82) is 0 Å². The van der Waals surface area contributed by atoms with Gasteiger partial charge in [-0.15, -0.1) is 0 Å². The van der Waals surface area contributed by atoms with Crippen molar-refractivity contribution >= 4 is 12.3 Å². The SMILES string of the molecule is COc1ncc(-c2cc(C3(C)N=C(N)COC(C)(C)C3(F)F)c(F)cc2F)cn1.O=CO. The maximum Gasteiger partial charge on any atom is 0.316 e. The minimum Gasteiger partial charge on any atom is -0.483 e. The standard InChI is InChI=1S/C19H20F4N4O2.CH2O2/c1-17(2)19(22,23)18(3,27-15(24)9-29-17)12-5-11(13(20)6-14(12)21)10-7-25-16(28-4)26-8-10;2-1-3/h5-8H,9H2,1-4H3,(H2,24,27);1H,(H,2,3). The fourth-order valence-electron chi connectivity index (χ4n) is 3.25. The predicted molar refractivity (Wildman–Crippen MR) is 107 cm³/mol. The van der Waals surface area contributed by atoms with Gasteiger partial charge in [0.05, 0.1) is 7.11 Å². The lowest BCUT2D eigenvalue weighted by atomic mass is 9.77. The van der Waals surface area contributed by atoms with E-state index >= 15 is 8.78 Å². The van der Waals surface area contributed by atoms with Crippen LogP contribution in [0, 0.1) is 11.6 Å². The van der Waals surface area contributed by atoms with Crippen LogP contribution in [0.15, 0.2) is 29.5 Å². The van der Waals surface area contributed by atoms with Crippen LogP contribution >= 0.6 is 0 Å². The van der Waals surface area contributed by atoms with Gasteiger partial charge in [-0.1, -0.05) is 0 Å². The largest absolute Gasteiger partial charge is 0.483 e. The van der Waals surface area contributed by atoms with Crippen LogP contribution in [-0.4, -0.2) is 52.6 Å². The molecule has 0 radical (unpaired) electrons. The number of nitrogens with zero attached hydrogens (tertiary/aromatic N) is 3. The minimum absolute atomic E-state index is 0.0371. The molecule has 2 aromatic rings. The monoisotopic (exact) mass is 458 g/mol. The average Bonchev–Trinajstić information content (AvgIpc) is 2.78. The van der Waals surface area contributed by atoms with Crippen LogP contribution in [0.3, 0.4) is 0 Å². The second-order valence-corrected chi connectivity index (χ2v) is 7.42. The van der Waals surface area contributed by atoms with Gasteiger partial charge < -0.3 is 20.3 Å². The van der Waals surface area contributed by atoms with E-state index in [-0.39, 0.29) is 36.1 Å². The molecule has 1 aliphatic rings. The number of rotatable bonds is 3. The number of hydrogen-bond acceptors (Lipinski definition) is 7. The average molecular weight is 458 g/mol. The van der Waals surface area contributed by atoms with Gasteiger partial charge in [-0.25, -0.2) is 27.5 Å². The van der Waals surface area contributed by atoms with Gasteiger partial charge in [0.2, 0.25) is 0 Å². The number of carboxylic acid groups (broad SMARTS) is 1. The van der Waals surface area contributed by atoms with Gasteiger partial charge in [-0.2, -0.15) is 0 Å². The summed E-state index contributed by atoms with van der Waals surface area (Å²) >= 11 is 0. The fraction of sp³-hybridized carbons (Fsp3) is 0.400. The van der Waals surface area contributed by atoms with Crippen molar-refractivity contribution in [3.05, 3.63) is 41.7 Å². The number of ether oxygens (including phenoxy) is 2. The zero-order chi connectivity index (χ0) is 24.3. The highest BCUT2D eigenvalue weighted by Gasteiger charge is 2.64. The van der Waals surface area contributed by atoms with Crippen LogP contribution in [0.1, 0.15) is 26.3 Å². The summed E-state index contributed by atoms with van der Waals surface area (Å²) in [4.78, 5) is 20.0. The molecular formula is C20H22F4N4O4. The predicted octanol–water partition coefficient (Wildman–Crippen LogP) is 3.15. The summed E-state index contributed by atoms with van der Waals surface area (Å²) in [5.41, 5.74) is 0.698. The topological polar surface area (TPSA) is 120 Å². The molecule has 1 atom stereocenters. The van der Waals surface area contributed by atoms with E-state index in [1.807, 2.05) is 0 Å². The van der Waals surface area contributed by atoms with Crippen molar-refractivity contribution in [3.8, 4) is 17.1 Å². The summed E-state index contributed by atoms with van der Waals surface area (Å²) in [6.45, 7) is 2.78. The Balaban J connectivity index is 0.00000114. The van der Waals surface area contributed by atoms with Gasteiger partial charge >= 0.3 is 11.9 Å². The molecule has 3 N–H and O–H groups in total. The molecule has 12 heteroatoms. The van der Waals surface area contributed by atoms with E-state index < -0.39 is 34.3 Å². The van der Waals surface area contributed by atoms with Crippen LogP contribution in [-0.2, 0) is 15.1 Å². The van der Waals surface area contributed by atoms with E-state index in [9.17, 15) is 8.78 Å². The molecular weight excluding hydrogens is 436 g/mol. The van der Waals surface area contributed by atoms with Crippen molar-refractivity contribution < 1.29 is 36.9 Å². The van der Waals surface area contributed by atoms with E-state index in [0.717, 1.165) is 13.0 Å². The van der Waals surface area contributed by atoms with Gasteiger partial charge in [0, 0.05) is 35.2 Å². The molecule has 0 bridgehead atoms. The smallest absolute Gasteiger partial charge is 0.316 e. The van der Waals surface area contributed by atoms with E-state index in [0.29, 0.717) is 6.07 Å². The highest BCUT2D eigenvalue weighted by atomic mass is 19.3. The number of halogens is 4. The molecule has 0 fully saturated rings. The number of alkyl halides is 2. The van der Waals surface area contributed by atoms with Crippen molar-refractivity contribution in [3.63, 3.8) is 0 Å². The molecule has 0 spiro atoms. The zero-order valence-corrected chi connectivity index (χ0v) is 17.7. The second-order valence-electron chi connectivity index (χ2n) is 7.42. The summed E-state index contributed by atoms with van der Waals surface area (Å²) < 4.78 is 70.3. The molecule has 2 heterocycles. The zero-order valence-electron chi connectivity index (χ0n) is 17.7. The molecule has 0 amide bonds. The molecule has 8 nitrogen and oxygen atoms in total. The van der Waals surface area contributed by atoms with E-state index in [4.69, 9.17) is 25.1 Å². The summed E-state index contributed by atoms with van der Waals surface area (Å²) in [7, 11) is 1.35. The fourth-order valence-corrected chi connectivity index (χ4v) is 3.25. The third-order valence-electron chi connectivity index (χ3n) is 5.02. The number of hydrogen-bond donors (Lipinski definition) is 2. The number of carbonyl (C=O) groups is 1. The van der Waals surface area contributed by atoms with Gasteiger partial charge in [-0.3, -0.25) is 9.79 Å². The van der Waals surface area contributed by atoms with Crippen LogP contribution in [0.2, 0.25) is 0 Å². The Morgan fingerprint density at radius 1 is 1.16 bits per heavy atom. The minimum atomic E-state index is -3.69. The highest BCUT2D eigenvalue weighted by molar-refractivity contribution is 5.82. The molecule has 3 rings (SSSR count). The number of amidine groups is 1. The third kappa shape index (κ3) is 4.35. The molecule has 0 saturated carbocycles. The van der Waals surface area contributed by atoms with Crippen LogP contribution in [0.4, 0.5) is 17.6 Å². The van der Waals surface area contributed by atoms with Gasteiger partial charge in [-0.05, 0) is 26.8 Å². The van der Waals surface area contributed by atoms with Crippen LogP contribution < -0.4 is 10.5 Å². The normalized spacial score (nSPS) is 21.4. The molecule has 1 aliphatic heterocycles. The van der Waals surface area contributed by atoms with Gasteiger partial charge in [0.15, 0.2) is 5.54 Å². The maximum atomic E-state index is 15.5. The van der Waals surface area contributed by atoms with E-state index in [2.05, 4.69) is 15.0 Å². The van der Waals surface area contributed by atoms with Crippen molar-refractivity contribution in [2.24, 2.45) is 10.7 Å². The lowest BCUT2D eigenvalue weighted by Crippen LogP contribution is -2.56. The Morgan fingerprint density at radius 2 is 1.72 bits per heavy atom. The molecule has 1 aromatic carbocycles. The van der Waals surface area contributed by atoms with E-state index in [1.165, 1.54) is 33.4 Å². The molecule has 1 aromatic heterocycles. The maximum absolute atomic E-state index is 15.5. The van der Waals surface area contributed by atoms with Gasteiger partial charge in [0.1, 0.15) is 29.7 Å². The lowest BCUT2D eigenvalue weighted by molar-refractivity contribution is -0.214. The molecule has 174 valence electrons. The van der Waals surface area contributed by atoms with E-state index in [1.54, 1.807) is 0 Å². The van der Waals surface area contributed by atoms with Crippen LogP contribution in [0.5, 0.6) is 6.01 Å². The molecule has 32 heavy (non-hydrogen) atoms. The van der Waals surface area contributed by atoms with Crippen LogP contribution in [0.25, 0.3) is 11.1 Å². The molecule has 0 aliphatic carbocycles. The van der Waals surface area contributed by atoms with Crippen molar-refractivity contribution in [2.45, 2.75) is 37.8 Å². The highest BCUT2D eigenvalue weighted by Crippen LogP contribution is 2.51. The summed E-state index contributed by atoms with van der Waals surface area (Å²) in [5, 5.41) is 6.89. The van der Waals surface area contributed by atoms with Crippen molar-refractivity contribution in [1.82, 2.24) is 9.97 Å². The van der Waals surface area contributed by atoms with Gasteiger partial charge in [0.25, 0.3) is 6.47 Å². The Kier molecular flexibility index (Phi) is 7.08.